The molecule has 0 aliphatic heterocycles. The summed E-state index contributed by atoms with van der Waals surface area (Å²) in [4.78, 5) is 4.51. The van der Waals surface area contributed by atoms with Crippen LogP contribution in [-0.4, -0.2) is 18.6 Å². The normalized spacial score (nSPS) is 16.7. The minimum absolute atomic E-state index is 0.0212. The first-order chi connectivity index (χ1) is 6.92. The van der Waals surface area contributed by atoms with Gasteiger partial charge in [0.2, 0.25) is 0 Å². The fraction of sp³-hybridized carbons (Fsp3) is 0.727. The minimum Gasteiger partial charge on any atom is -0.500 e. The van der Waals surface area contributed by atoms with Gasteiger partial charge in [-0.3, -0.25) is 0 Å². The number of methoxy groups -OCH3 is 1. The van der Waals surface area contributed by atoms with Gasteiger partial charge in [-0.15, -0.1) is 0 Å². The SMILES string of the molecule is CCC(C)(COF)/C(OC)=C(/C)C(C)=S. The second-order valence-corrected chi connectivity index (χ2v) is 4.49. The van der Waals surface area contributed by atoms with Crippen LogP contribution in [0.5, 0.6) is 0 Å². The molecule has 0 fully saturated rings. The van der Waals surface area contributed by atoms with Crippen LogP contribution in [0.25, 0.3) is 0 Å². The molecule has 1 unspecified atom stereocenters. The van der Waals surface area contributed by atoms with E-state index in [1.807, 2.05) is 27.7 Å². The molecule has 0 aromatic heterocycles. The van der Waals surface area contributed by atoms with Crippen LogP contribution >= 0.6 is 12.2 Å². The summed E-state index contributed by atoms with van der Waals surface area (Å²) >= 11 is 5.09. The monoisotopic (exact) mass is 234 g/mol. The molecular formula is C11H19FO2S. The summed E-state index contributed by atoms with van der Waals surface area (Å²) in [6.07, 6.45) is 0.722. The van der Waals surface area contributed by atoms with Crippen molar-refractivity contribution < 1.29 is 14.2 Å². The van der Waals surface area contributed by atoms with Gasteiger partial charge in [-0.05, 0) is 24.8 Å². The quantitative estimate of drug-likeness (QED) is 0.397. The Hall–Kier alpha value is -0.480. The molecule has 0 saturated carbocycles. The first kappa shape index (κ1) is 14.5. The highest BCUT2D eigenvalue weighted by Gasteiger charge is 2.31. The van der Waals surface area contributed by atoms with Gasteiger partial charge >= 0.3 is 0 Å². The van der Waals surface area contributed by atoms with Crippen molar-refractivity contribution in [1.82, 2.24) is 0 Å². The van der Waals surface area contributed by atoms with Gasteiger partial charge in [-0.1, -0.05) is 26.1 Å². The van der Waals surface area contributed by atoms with E-state index >= 15 is 0 Å². The third kappa shape index (κ3) is 3.54. The number of thiocarbonyl (C=S) groups is 1. The van der Waals surface area contributed by atoms with Gasteiger partial charge in [0.25, 0.3) is 0 Å². The zero-order valence-corrected chi connectivity index (χ0v) is 10.8. The summed E-state index contributed by atoms with van der Waals surface area (Å²) < 4.78 is 17.4. The van der Waals surface area contributed by atoms with Crippen LogP contribution in [0.3, 0.4) is 0 Å². The predicted octanol–water partition coefficient (Wildman–Crippen LogP) is 3.61. The molecule has 0 radical (unpaired) electrons. The third-order valence-electron chi connectivity index (χ3n) is 2.77. The standard InChI is InChI=1S/C11H19FO2S/c1-6-11(4,7-14-12)10(13-5)8(2)9(3)15/h6-7H2,1-5H3/b10-8+. The Bertz CT molecular complexity index is 263. The first-order valence-electron chi connectivity index (χ1n) is 4.92. The Morgan fingerprint density at radius 3 is 2.20 bits per heavy atom. The predicted molar refractivity (Wildman–Crippen MR) is 63.4 cm³/mol. The zero-order chi connectivity index (χ0) is 12.1. The molecule has 4 heteroatoms. The van der Waals surface area contributed by atoms with Crippen LogP contribution in [0.2, 0.25) is 0 Å². The summed E-state index contributed by atoms with van der Waals surface area (Å²) in [6.45, 7) is 7.55. The summed E-state index contributed by atoms with van der Waals surface area (Å²) in [5.74, 6) is 0.704. The average molecular weight is 234 g/mol. The first-order valence-corrected chi connectivity index (χ1v) is 5.33. The van der Waals surface area contributed by atoms with Gasteiger partial charge < -0.3 is 4.74 Å². The molecule has 15 heavy (non-hydrogen) atoms. The molecule has 0 N–H and O–H groups in total. The van der Waals surface area contributed by atoms with Crippen molar-refractivity contribution in [2.24, 2.45) is 5.41 Å². The van der Waals surface area contributed by atoms with E-state index in [-0.39, 0.29) is 6.61 Å². The number of hydrogen-bond acceptors (Lipinski definition) is 3. The zero-order valence-electron chi connectivity index (χ0n) is 10.0. The second-order valence-electron chi connectivity index (χ2n) is 3.88. The largest absolute Gasteiger partial charge is 0.500 e. The lowest BCUT2D eigenvalue weighted by atomic mass is 9.83. The lowest BCUT2D eigenvalue weighted by molar-refractivity contribution is -0.161. The van der Waals surface area contributed by atoms with E-state index in [0.717, 1.165) is 16.9 Å². The van der Waals surface area contributed by atoms with Crippen LogP contribution in [-0.2, 0) is 9.68 Å². The smallest absolute Gasteiger partial charge is 0.108 e. The Morgan fingerprint density at radius 1 is 1.40 bits per heavy atom. The molecule has 88 valence electrons. The van der Waals surface area contributed by atoms with Gasteiger partial charge in [-0.2, -0.15) is 4.94 Å². The van der Waals surface area contributed by atoms with Crippen molar-refractivity contribution in [2.75, 3.05) is 13.7 Å². The van der Waals surface area contributed by atoms with Crippen LogP contribution in [0.1, 0.15) is 34.1 Å². The number of ether oxygens (including phenoxy) is 1. The van der Waals surface area contributed by atoms with Gasteiger partial charge in [0.05, 0.1) is 19.1 Å². The highest BCUT2D eigenvalue weighted by atomic mass is 32.1. The highest BCUT2D eigenvalue weighted by molar-refractivity contribution is 7.80. The van der Waals surface area contributed by atoms with E-state index in [4.69, 9.17) is 17.0 Å². The molecular weight excluding hydrogens is 215 g/mol. The van der Waals surface area contributed by atoms with Crippen LogP contribution in [0, 0.1) is 5.41 Å². The fourth-order valence-corrected chi connectivity index (χ4v) is 1.55. The molecule has 0 spiro atoms. The molecule has 0 aliphatic rings. The Morgan fingerprint density at radius 2 is 1.93 bits per heavy atom. The lowest BCUT2D eigenvalue weighted by Crippen LogP contribution is -2.26. The van der Waals surface area contributed by atoms with Crippen molar-refractivity contribution >= 4 is 17.1 Å². The third-order valence-corrected chi connectivity index (χ3v) is 3.08. The number of hydrogen-bond donors (Lipinski definition) is 0. The average Bonchev–Trinajstić information content (AvgIpc) is 2.18. The van der Waals surface area contributed by atoms with Gasteiger partial charge in [0.1, 0.15) is 5.76 Å². The van der Waals surface area contributed by atoms with Crippen molar-refractivity contribution in [2.45, 2.75) is 34.1 Å². The molecule has 2 nitrogen and oxygen atoms in total. The molecule has 0 bridgehead atoms. The van der Waals surface area contributed by atoms with E-state index in [9.17, 15) is 4.53 Å². The molecule has 0 aromatic rings. The summed E-state index contributed by atoms with van der Waals surface area (Å²) in [7, 11) is 1.57. The lowest BCUT2D eigenvalue weighted by Gasteiger charge is -2.29. The second kappa shape index (κ2) is 6.18. The Balaban J connectivity index is 5.24. The van der Waals surface area contributed by atoms with E-state index in [0.29, 0.717) is 5.76 Å². The van der Waals surface area contributed by atoms with Gasteiger partial charge in [0, 0.05) is 10.4 Å². The molecule has 0 aromatic carbocycles. The van der Waals surface area contributed by atoms with Crippen LogP contribution in [0.4, 0.5) is 4.53 Å². The molecule has 0 heterocycles. The Labute approximate surface area is 96.4 Å². The summed E-state index contributed by atoms with van der Waals surface area (Å²) in [5, 5.41) is 0. The molecule has 0 aliphatic carbocycles. The Kier molecular flexibility index (Phi) is 5.98. The van der Waals surface area contributed by atoms with E-state index in [1.165, 1.54) is 0 Å². The summed E-state index contributed by atoms with van der Waals surface area (Å²) in [6, 6.07) is 0. The number of halogens is 1. The maximum Gasteiger partial charge on any atom is 0.108 e. The minimum atomic E-state index is -0.465. The van der Waals surface area contributed by atoms with Crippen molar-refractivity contribution in [3.8, 4) is 0 Å². The van der Waals surface area contributed by atoms with Gasteiger partial charge in [-0.25, -0.2) is 0 Å². The maximum atomic E-state index is 12.0. The van der Waals surface area contributed by atoms with Crippen LogP contribution in [0.15, 0.2) is 11.3 Å². The fourth-order valence-electron chi connectivity index (χ4n) is 1.46. The highest BCUT2D eigenvalue weighted by Crippen LogP contribution is 2.34. The maximum absolute atomic E-state index is 12.0. The van der Waals surface area contributed by atoms with E-state index in [2.05, 4.69) is 4.94 Å². The molecule has 0 rings (SSSR count). The van der Waals surface area contributed by atoms with E-state index in [1.54, 1.807) is 7.11 Å². The molecule has 1 atom stereocenters. The van der Waals surface area contributed by atoms with Crippen molar-refractivity contribution in [3.05, 3.63) is 11.3 Å². The van der Waals surface area contributed by atoms with Crippen LogP contribution < -0.4 is 0 Å². The number of allylic oxidation sites excluding steroid dienone is 1. The molecule has 0 saturated heterocycles. The number of rotatable bonds is 6. The molecule has 0 amide bonds. The van der Waals surface area contributed by atoms with E-state index < -0.39 is 5.41 Å². The van der Waals surface area contributed by atoms with Crippen molar-refractivity contribution in [1.29, 1.82) is 0 Å². The van der Waals surface area contributed by atoms with Gasteiger partial charge in [0.15, 0.2) is 0 Å². The van der Waals surface area contributed by atoms with Crippen molar-refractivity contribution in [3.63, 3.8) is 0 Å². The topological polar surface area (TPSA) is 18.5 Å². The summed E-state index contributed by atoms with van der Waals surface area (Å²) in [5.41, 5.74) is 0.419.